The van der Waals surface area contributed by atoms with Crippen LogP contribution in [0.3, 0.4) is 0 Å². The van der Waals surface area contributed by atoms with Crippen LogP contribution < -0.4 is 10.0 Å². The van der Waals surface area contributed by atoms with Crippen molar-refractivity contribution in [3.8, 4) is 0 Å². The largest absolute Gasteiger partial charge is 0.379 e. The Kier molecular flexibility index (Phi) is 12.1. The van der Waals surface area contributed by atoms with Crippen LogP contribution in [0, 0.1) is 0 Å². The molecule has 0 aromatic heterocycles. The minimum atomic E-state index is -3.52. The minimum Gasteiger partial charge on any atom is -0.379 e. The molecule has 9 heteroatoms. The number of benzene rings is 2. The molecule has 1 atom stereocenters. The summed E-state index contributed by atoms with van der Waals surface area (Å²) in [4.78, 5) is 27.9. The van der Waals surface area contributed by atoms with Crippen molar-refractivity contribution in [1.82, 2.24) is 14.9 Å². The number of sulfonamides is 1. The van der Waals surface area contributed by atoms with Gasteiger partial charge >= 0.3 is 0 Å². The third kappa shape index (κ3) is 9.72. The van der Waals surface area contributed by atoms with E-state index in [-0.39, 0.29) is 29.2 Å². The van der Waals surface area contributed by atoms with E-state index in [1.54, 1.807) is 43.0 Å². The van der Waals surface area contributed by atoms with E-state index in [0.717, 1.165) is 11.1 Å². The molecule has 2 aromatic carbocycles. The third-order valence-corrected chi connectivity index (χ3v) is 7.19. The molecule has 2 N–H and O–H groups in total. The predicted octanol–water partition coefficient (Wildman–Crippen LogP) is 3.27. The van der Waals surface area contributed by atoms with Crippen molar-refractivity contribution in [2.24, 2.45) is 0 Å². The predicted molar refractivity (Wildman–Crippen MR) is 141 cm³/mol. The second-order valence-electron chi connectivity index (χ2n) is 8.89. The van der Waals surface area contributed by atoms with E-state index < -0.39 is 16.1 Å². The van der Waals surface area contributed by atoms with Crippen LogP contribution in [0.1, 0.15) is 51.7 Å². The third-order valence-electron chi connectivity index (χ3n) is 5.63. The monoisotopic (exact) mass is 517 g/mol. The smallest absolute Gasteiger partial charge is 0.242 e. The first-order chi connectivity index (χ1) is 17.1. The second-order valence-corrected chi connectivity index (χ2v) is 10.7. The fraction of sp³-hybridized carbons (Fsp3) is 0.481. The lowest BCUT2D eigenvalue weighted by Crippen LogP contribution is -2.48. The van der Waals surface area contributed by atoms with Crippen LogP contribution in [0.2, 0.25) is 0 Å². The Morgan fingerprint density at radius 3 is 2.25 bits per heavy atom. The number of ether oxygens (including phenoxy) is 1. The summed E-state index contributed by atoms with van der Waals surface area (Å²) in [6.45, 7) is 9.07. The lowest BCUT2D eigenvalue weighted by Gasteiger charge is -2.29. The average molecular weight is 518 g/mol. The van der Waals surface area contributed by atoms with Crippen molar-refractivity contribution in [3.05, 3.63) is 65.7 Å². The average Bonchev–Trinajstić information content (AvgIpc) is 2.85. The first-order valence-electron chi connectivity index (χ1n) is 12.4. The summed E-state index contributed by atoms with van der Waals surface area (Å²) in [6.07, 6.45) is 1.48. The highest BCUT2D eigenvalue weighted by Gasteiger charge is 2.25. The zero-order valence-electron chi connectivity index (χ0n) is 21.7. The Morgan fingerprint density at radius 1 is 0.972 bits per heavy atom. The molecule has 0 unspecified atom stereocenters. The van der Waals surface area contributed by atoms with Crippen molar-refractivity contribution in [3.63, 3.8) is 0 Å². The fourth-order valence-corrected chi connectivity index (χ4v) is 4.66. The molecule has 2 rings (SSSR count). The zero-order chi connectivity index (χ0) is 26.6. The van der Waals surface area contributed by atoms with Crippen LogP contribution in [0.5, 0.6) is 0 Å². The number of nitrogens with one attached hydrogen (secondary N) is 2. The quantitative estimate of drug-likeness (QED) is 0.353. The normalized spacial score (nSPS) is 12.4. The Hall–Kier alpha value is -2.75. The van der Waals surface area contributed by atoms with Crippen molar-refractivity contribution >= 4 is 21.8 Å². The number of rotatable bonds is 15. The van der Waals surface area contributed by atoms with Gasteiger partial charge in [0.1, 0.15) is 6.04 Å². The number of carbonyl (C=O) groups is 2. The zero-order valence-corrected chi connectivity index (χ0v) is 22.5. The van der Waals surface area contributed by atoms with Crippen LogP contribution in [0.15, 0.2) is 59.5 Å². The van der Waals surface area contributed by atoms with Gasteiger partial charge in [-0.15, -0.1) is 0 Å². The molecule has 0 saturated heterocycles. The molecule has 2 amide bonds. The van der Waals surface area contributed by atoms with Crippen LogP contribution in [0.25, 0.3) is 0 Å². The summed E-state index contributed by atoms with van der Waals surface area (Å²) in [5, 5.41) is 2.91. The van der Waals surface area contributed by atoms with Gasteiger partial charge in [0.05, 0.1) is 11.0 Å². The summed E-state index contributed by atoms with van der Waals surface area (Å²) in [7, 11) is -3.52. The molecule has 0 saturated carbocycles. The maximum atomic E-state index is 13.2. The molecule has 0 spiro atoms. The lowest BCUT2D eigenvalue weighted by molar-refractivity contribution is -0.140. The molecule has 0 aliphatic rings. The highest BCUT2D eigenvalue weighted by molar-refractivity contribution is 7.89. The minimum absolute atomic E-state index is 0.144. The molecule has 0 heterocycles. The molecule has 8 nitrogen and oxygen atoms in total. The van der Waals surface area contributed by atoms with Crippen molar-refractivity contribution in [2.45, 2.75) is 70.5 Å². The number of nitrogens with zero attached hydrogens (tertiary/aromatic N) is 1. The maximum Gasteiger partial charge on any atom is 0.242 e. The van der Waals surface area contributed by atoms with Gasteiger partial charge in [-0.2, -0.15) is 0 Å². The lowest BCUT2D eigenvalue weighted by atomic mass is 10.1. The number of aryl methyl sites for hydroxylation is 1. The maximum absolute atomic E-state index is 13.2. The van der Waals surface area contributed by atoms with E-state index in [9.17, 15) is 18.0 Å². The molecule has 0 aliphatic carbocycles. The molecular weight excluding hydrogens is 478 g/mol. The second kappa shape index (κ2) is 14.7. The van der Waals surface area contributed by atoms with Crippen molar-refractivity contribution < 1.29 is 22.7 Å². The van der Waals surface area contributed by atoms with Gasteiger partial charge < -0.3 is 15.0 Å². The highest BCUT2D eigenvalue weighted by atomic mass is 32.2. The Bertz CT molecular complexity index is 1060. The molecule has 0 aliphatic heterocycles. The van der Waals surface area contributed by atoms with Crippen LogP contribution in [-0.2, 0) is 37.3 Å². The van der Waals surface area contributed by atoms with Gasteiger partial charge in [0.25, 0.3) is 0 Å². The van der Waals surface area contributed by atoms with Crippen LogP contribution in [-0.4, -0.2) is 57.0 Å². The molecular formula is C27H39N3O5S. The van der Waals surface area contributed by atoms with Crippen molar-refractivity contribution in [2.75, 3.05) is 19.7 Å². The summed E-state index contributed by atoms with van der Waals surface area (Å²) in [5.41, 5.74) is 1.79. The number of hydrogen-bond donors (Lipinski definition) is 2. The van der Waals surface area contributed by atoms with Gasteiger partial charge in [0.2, 0.25) is 21.8 Å². The van der Waals surface area contributed by atoms with Crippen molar-refractivity contribution in [1.29, 1.82) is 0 Å². The Balaban J connectivity index is 2.03. The topological polar surface area (TPSA) is 105 Å². The molecule has 2 aromatic rings. The van der Waals surface area contributed by atoms with E-state index in [1.807, 2.05) is 44.2 Å². The first kappa shape index (κ1) is 29.5. The summed E-state index contributed by atoms with van der Waals surface area (Å²) in [5.74, 6) is -0.351. The summed E-state index contributed by atoms with van der Waals surface area (Å²) < 4.78 is 32.2. The van der Waals surface area contributed by atoms with E-state index >= 15 is 0 Å². The highest BCUT2D eigenvalue weighted by Crippen LogP contribution is 2.15. The number of hydrogen-bond acceptors (Lipinski definition) is 5. The number of amides is 2. The van der Waals surface area contributed by atoms with Gasteiger partial charge in [-0.3, -0.25) is 9.59 Å². The molecule has 0 radical (unpaired) electrons. The van der Waals surface area contributed by atoms with E-state index in [1.165, 1.54) is 0 Å². The summed E-state index contributed by atoms with van der Waals surface area (Å²) >= 11 is 0. The van der Waals surface area contributed by atoms with E-state index in [2.05, 4.69) is 10.0 Å². The summed E-state index contributed by atoms with van der Waals surface area (Å²) in [6, 6.07) is 15.4. The van der Waals surface area contributed by atoms with Crippen LogP contribution >= 0.6 is 0 Å². The number of carbonyl (C=O) groups excluding carboxylic acids is 2. The van der Waals surface area contributed by atoms with Gasteiger partial charge in [-0.25, -0.2) is 13.1 Å². The van der Waals surface area contributed by atoms with Gasteiger partial charge in [0, 0.05) is 32.7 Å². The van der Waals surface area contributed by atoms with E-state index in [0.29, 0.717) is 39.1 Å². The fourth-order valence-electron chi connectivity index (χ4n) is 3.62. The standard InChI is InChI=1S/C27H39N3O5S/c1-5-29-36(33,34)25-15-12-23(13-16-25)14-17-26(31)30(20-24-10-7-6-8-11-24)22(4)27(32)28-18-9-19-35-21(2)3/h6-8,10-13,15-16,21-22,29H,5,9,14,17-20H2,1-4H3,(H,28,32)/t22-/m0/s1. The Morgan fingerprint density at radius 2 is 1.64 bits per heavy atom. The van der Waals surface area contributed by atoms with Gasteiger partial charge in [0.15, 0.2) is 0 Å². The van der Waals surface area contributed by atoms with E-state index in [4.69, 9.17) is 4.74 Å². The molecule has 0 bridgehead atoms. The van der Waals surface area contributed by atoms with Crippen LogP contribution in [0.4, 0.5) is 0 Å². The molecule has 0 fully saturated rings. The Labute approximate surface area is 215 Å². The first-order valence-corrected chi connectivity index (χ1v) is 13.9. The molecule has 36 heavy (non-hydrogen) atoms. The SMILES string of the molecule is CCNS(=O)(=O)c1ccc(CCC(=O)N(Cc2ccccc2)[C@@H](C)C(=O)NCCCOC(C)C)cc1. The van der Waals surface area contributed by atoms with Gasteiger partial charge in [-0.1, -0.05) is 49.4 Å². The van der Waals surface area contributed by atoms with Gasteiger partial charge in [-0.05, 0) is 56.9 Å². The molecule has 198 valence electrons.